The fraction of sp³-hybridized carbons (Fsp3) is 0.933. The second kappa shape index (κ2) is 3.96. The van der Waals surface area contributed by atoms with Crippen LogP contribution in [0.4, 0.5) is 0 Å². The Labute approximate surface area is 109 Å². The number of carbonyl (C=O) groups excluding carboxylic acids is 1. The van der Waals surface area contributed by atoms with Crippen molar-refractivity contribution in [2.75, 3.05) is 6.61 Å². The molecule has 3 atom stereocenters. The number of hydrogen-bond donors (Lipinski definition) is 2. The maximum atomic E-state index is 12.6. The zero-order valence-electron chi connectivity index (χ0n) is 11.5. The quantitative estimate of drug-likeness (QED) is 0.807. The standard InChI is InChI=1S/C15H25NO2/c1-10(8-17)16-13(18)15-6-11-3-12(7-15)5-14(2,4-11)9-15/h10-12,17H,3-9H2,1-2H3,(H,16,18). The van der Waals surface area contributed by atoms with Crippen LogP contribution >= 0.6 is 0 Å². The van der Waals surface area contributed by atoms with Gasteiger partial charge in [0.2, 0.25) is 5.91 Å². The van der Waals surface area contributed by atoms with Gasteiger partial charge in [0.1, 0.15) is 0 Å². The van der Waals surface area contributed by atoms with Crippen molar-refractivity contribution in [1.82, 2.24) is 5.32 Å². The number of aliphatic hydroxyl groups excluding tert-OH is 1. The molecular weight excluding hydrogens is 226 g/mol. The van der Waals surface area contributed by atoms with Gasteiger partial charge in [-0.3, -0.25) is 4.79 Å². The molecule has 0 spiro atoms. The maximum Gasteiger partial charge on any atom is 0.226 e. The molecule has 4 rings (SSSR count). The zero-order valence-corrected chi connectivity index (χ0v) is 11.5. The van der Waals surface area contributed by atoms with Crippen LogP contribution < -0.4 is 5.32 Å². The molecule has 18 heavy (non-hydrogen) atoms. The number of hydrogen-bond acceptors (Lipinski definition) is 2. The second-order valence-electron chi connectivity index (χ2n) is 7.61. The number of amides is 1. The van der Waals surface area contributed by atoms with E-state index in [1.165, 1.54) is 19.3 Å². The molecular formula is C15H25NO2. The number of rotatable bonds is 3. The summed E-state index contributed by atoms with van der Waals surface area (Å²) in [6.07, 6.45) is 7.24. The lowest BCUT2D eigenvalue weighted by atomic mass is 9.44. The van der Waals surface area contributed by atoms with E-state index in [4.69, 9.17) is 5.11 Å². The smallest absolute Gasteiger partial charge is 0.226 e. The predicted octanol–water partition coefficient (Wildman–Crippen LogP) is 2.09. The van der Waals surface area contributed by atoms with Crippen LogP contribution in [0.25, 0.3) is 0 Å². The molecule has 3 unspecified atom stereocenters. The van der Waals surface area contributed by atoms with Gasteiger partial charge in [-0.05, 0) is 62.7 Å². The summed E-state index contributed by atoms with van der Waals surface area (Å²) in [5.74, 6) is 1.75. The van der Waals surface area contributed by atoms with E-state index in [1.807, 2.05) is 6.92 Å². The molecule has 4 bridgehead atoms. The lowest BCUT2D eigenvalue weighted by molar-refractivity contribution is -0.156. The van der Waals surface area contributed by atoms with Gasteiger partial charge in [-0.25, -0.2) is 0 Å². The van der Waals surface area contributed by atoms with Crippen molar-refractivity contribution in [3.63, 3.8) is 0 Å². The van der Waals surface area contributed by atoms with Crippen LogP contribution in [-0.4, -0.2) is 23.7 Å². The fourth-order valence-corrected chi connectivity index (χ4v) is 5.41. The van der Waals surface area contributed by atoms with Crippen LogP contribution in [0.5, 0.6) is 0 Å². The van der Waals surface area contributed by atoms with E-state index >= 15 is 0 Å². The van der Waals surface area contributed by atoms with E-state index in [0.29, 0.717) is 5.41 Å². The summed E-state index contributed by atoms with van der Waals surface area (Å²) >= 11 is 0. The highest BCUT2D eigenvalue weighted by Crippen LogP contribution is 2.65. The minimum Gasteiger partial charge on any atom is -0.394 e. The maximum absolute atomic E-state index is 12.6. The minimum absolute atomic E-state index is 0.0337. The van der Waals surface area contributed by atoms with Gasteiger partial charge in [0, 0.05) is 6.04 Å². The van der Waals surface area contributed by atoms with Gasteiger partial charge in [-0.1, -0.05) is 6.92 Å². The Hall–Kier alpha value is -0.570. The molecule has 4 aliphatic rings. The minimum atomic E-state index is -0.113. The average molecular weight is 251 g/mol. The van der Waals surface area contributed by atoms with Crippen molar-refractivity contribution in [2.24, 2.45) is 22.7 Å². The van der Waals surface area contributed by atoms with Crippen LogP contribution in [0.3, 0.4) is 0 Å². The first-order chi connectivity index (χ1) is 8.45. The summed E-state index contributed by atoms with van der Waals surface area (Å²) in [7, 11) is 0. The number of carbonyl (C=O) groups is 1. The van der Waals surface area contributed by atoms with Crippen molar-refractivity contribution < 1.29 is 9.90 Å². The molecule has 4 fully saturated rings. The normalized spacial score (nSPS) is 47.1. The number of nitrogens with one attached hydrogen (secondary N) is 1. The van der Waals surface area contributed by atoms with Crippen LogP contribution in [0.2, 0.25) is 0 Å². The Morgan fingerprint density at radius 3 is 2.44 bits per heavy atom. The third kappa shape index (κ3) is 1.87. The summed E-state index contributed by atoms with van der Waals surface area (Å²) in [6.45, 7) is 4.29. The van der Waals surface area contributed by atoms with Gasteiger partial charge in [0.05, 0.1) is 12.0 Å². The zero-order chi connectivity index (χ0) is 13.0. The summed E-state index contributed by atoms with van der Waals surface area (Å²) in [5.41, 5.74) is 0.298. The molecule has 102 valence electrons. The van der Waals surface area contributed by atoms with Crippen molar-refractivity contribution in [3.8, 4) is 0 Å². The van der Waals surface area contributed by atoms with Crippen molar-refractivity contribution >= 4 is 5.91 Å². The van der Waals surface area contributed by atoms with E-state index in [-0.39, 0.29) is 24.0 Å². The van der Waals surface area contributed by atoms with Gasteiger partial charge in [-0.15, -0.1) is 0 Å². The lowest BCUT2D eigenvalue weighted by Gasteiger charge is -2.60. The van der Waals surface area contributed by atoms with Crippen molar-refractivity contribution in [3.05, 3.63) is 0 Å². The first-order valence-corrected chi connectivity index (χ1v) is 7.37. The molecule has 0 aliphatic heterocycles. The van der Waals surface area contributed by atoms with Gasteiger partial charge >= 0.3 is 0 Å². The van der Waals surface area contributed by atoms with Crippen molar-refractivity contribution in [1.29, 1.82) is 0 Å². The second-order valence-corrected chi connectivity index (χ2v) is 7.61. The Morgan fingerprint density at radius 1 is 1.33 bits per heavy atom. The largest absolute Gasteiger partial charge is 0.394 e. The van der Waals surface area contributed by atoms with E-state index in [1.54, 1.807) is 0 Å². The summed E-state index contributed by atoms with van der Waals surface area (Å²) < 4.78 is 0. The first kappa shape index (κ1) is 12.5. The highest BCUT2D eigenvalue weighted by atomic mass is 16.3. The molecule has 4 aliphatic carbocycles. The molecule has 0 heterocycles. The topological polar surface area (TPSA) is 49.3 Å². The summed E-state index contributed by atoms with van der Waals surface area (Å²) in [5, 5.41) is 12.1. The average Bonchev–Trinajstić information content (AvgIpc) is 2.25. The van der Waals surface area contributed by atoms with Crippen LogP contribution in [0, 0.1) is 22.7 Å². The lowest BCUT2D eigenvalue weighted by Crippen LogP contribution is -2.58. The van der Waals surface area contributed by atoms with Gasteiger partial charge in [0.25, 0.3) is 0 Å². The monoisotopic (exact) mass is 251 g/mol. The SMILES string of the molecule is CC(CO)NC(=O)C12CC3CC(CC(C)(C3)C1)C2. The van der Waals surface area contributed by atoms with Crippen LogP contribution in [-0.2, 0) is 4.79 Å². The highest BCUT2D eigenvalue weighted by molar-refractivity contribution is 5.83. The third-order valence-corrected chi connectivity index (χ3v) is 5.49. The molecule has 1 amide bonds. The molecule has 4 saturated carbocycles. The van der Waals surface area contributed by atoms with E-state index in [2.05, 4.69) is 12.2 Å². The van der Waals surface area contributed by atoms with Gasteiger partial charge < -0.3 is 10.4 Å². The molecule has 3 heteroatoms. The molecule has 0 aromatic rings. The molecule has 0 aromatic heterocycles. The Morgan fingerprint density at radius 2 is 1.94 bits per heavy atom. The molecule has 3 nitrogen and oxygen atoms in total. The van der Waals surface area contributed by atoms with Crippen LogP contribution in [0.1, 0.15) is 52.4 Å². The fourth-order valence-electron chi connectivity index (χ4n) is 5.41. The molecule has 0 radical (unpaired) electrons. The van der Waals surface area contributed by atoms with Crippen molar-refractivity contribution in [2.45, 2.75) is 58.4 Å². The Kier molecular flexibility index (Phi) is 2.74. The Bertz CT molecular complexity index is 352. The van der Waals surface area contributed by atoms with E-state index in [9.17, 15) is 4.79 Å². The summed E-state index contributed by atoms with van der Waals surface area (Å²) in [4.78, 5) is 12.6. The highest BCUT2D eigenvalue weighted by Gasteiger charge is 2.58. The predicted molar refractivity (Wildman–Crippen MR) is 69.9 cm³/mol. The summed E-state index contributed by atoms with van der Waals surface area (Å²) in [6, 6.07) is -0.113. The third-order valence-electron chi connectivity index (χ3n) is 5.49. The van der Waals surface area contributed by atoms with Crippen LogP contribution in [0.15, 0.2) is 0 Å². The van der Waals surface area contributed by atoms with E-state index in [0.717, 1.165) is 31.1 Å². The Balaban J connectivity index is 1.80. The molecule has 0 saturated heterocycles. The van der Waals surface area contributed by atoms with Gasteiger partial charge in [0.15, 0.2) is 0 Å². The first-order valence-electron chi connectivity index (χ1n) is 7.37. The molecule has 2 N–H and O–H groups in total. The van der Waals surface area contributed by atoms with E-state index < -0.39 is 0 Å². The number of aliphatic hydroxyl groups is 1. The molecule has 0 aromatic carbocycles. The van der Waals surface area contributed by atoms with Gasteiger partial charge in [-0.2, -0.15) is 0 Å².